The van der Waals surface area contributed by atoms with E-state index in [2.05, 4.69) is 15.2 Å². The minimum absolute atomic E-state index is 0.139. The molecule has 0 spiro atoms. The molecule has 0 aliphatic heterocycles. The molecule has 0 aliphatic rings. The number of amidine groups is 1. The Kier molecular flexibility index (Phi) is 5.27. The molecule has 174 valence electrons. The van der Waals surface area contributed by atoms with E-state index in [4.69, 9.17) is 11.1 Å². The normalized spacial score (nSPS) is 11.6. The standard InChI is InChI=1S/C24H23F2N7O/c1-13-22(16-10-14(25)5-7-18(16)29-13)23-30-31-24(34)33(23)20-12-32(9-3-2-4-21(27)28)19-8-6-15(26)11-17(19)20/h5-8,10-12,29H,2-4,9H2,1H3,(H3,27,28)(H,31,34). The number of hydrogen-bond acceptors (Lipinski definition) is 3. The lowest BCUT2D eigenvalue weighted by molar-refractivity contribution is 0.626. The number of nitrogens with one attached hydrogen (secondary N) is 3. The van der Waals surface area contributed by atoms with Crippen LogP contribution >= 0.6 is 0 Å². The van der Waals surface area contributed by atoms with Crippen LogP contribution in [0.3, 0.4) is 0 Å². The molecule has 0 radical (unpaired) electrons. The minimum atomic E-state index is -0.486. The van der Waals surface area contributed by atoms with E-state index in [1.165, 1.54) is 28.8 Å². The smallest absolute Gasteiger partial charge is 0.348 e. The van der Waals surface area contributed by atoms with E-state index in [-0.39, 0.29) is 5.84 Å². The highest BCUT2D eigenvalue weighted by atomic mass is 19.1. The van der Waals surface area contributed by atoms with Crippen molar-refractivity contribution in [2.24, 2.45) is 5.73 Å². The number of aromatic amines is 2. The molecule has 0 fully saturated rings. The Balaban J connectivity index is 1.68. The van der Waals surface area contributed by atoms with Crippen molar-refractivity contribution in [1.82, 2.24) is 24.3 Å². The average molecular weight is 463 g/mol. The minimum Gasteiger partial charge on any atom is -0.388 e. The molecule has 5 aromatic rings. The third kappa shape index (κ3) is 3.66. The van der Waals surface area contributed by atoms with Crippen LogP contribution in [0.4, 0.5) is 8.78 Å². The predicted octanol–water partition coefficient (Wildman–Crippen LogP) is 4.36. The molecule has 10 heteroatoms. The van der Waals surface area contributed by atoms with Gasteiger partial charge in [-0.2, -0.15) is 5.10 Å². The van der Waals surface area contributed by atoms with Crippen LogP contribution in [0.2, 0.25) is 0 Å². The van der Waals surface area contributed by atoms with Gasteiger partial charge < -0.3 is 15.3 Å². The number of fused-ring (bicyclic) bond motifs is 2. The molecule has 3 aromatic heterocycles. The summed E-state index contributed by atoms with van der Waals surface area (Å²) in [5.74, 6) is -0.382. The van der Waals surface area contributed by atoms with Gasteiger partial charge in [0.15, 0.2) is 5.82 Å². The maximum absolute atomic E-state index is 14.3. The maximum Gasteiger partial charge on any atom is 0.348 e. The zero-order chi connectivity index (χ0) is 24.0. The van der Waals surface area contributed by atoms with E-state index in [0.717, 1.165) is 29.6 Å². The van der Waals surface area contributed by atoms with Gasteiger partial charge in [0.05, 0.1) is 17.0 Å². The molecule has 0 amide bonds. The largest absolute Gasteiger partial charge is 0.388 e. The average Bonchev–Trinajstić information content (AvgIpc) is 3.43. The fraction of sp³-hybridized carbons (Fsp3) is 0.208. The number of H-pyrrole nitrogens is 2. The molecular formula is C24H23F2N7O. The molecular weight excluding hydrogens is 440 g/mol. The van der Waals surface area contributed by atoms with Gasteiger partial charge in [0.1, 0.15) is 11.6 Å². The molecule has 0 aliphatic carbocycles. The lowest BCUT2D eigenvalue weighted by atomic mass is 10.1. The summed E-state index contributed by atoms with van der Waals surface area (Å²) in [4.78, 5) is 16.2. The van der Waals surface area contributed by atoms with Crippen LogP contribution in [0.1, 0.15) is 25.0 Å². The number of aryl methyl sites for hydroxylation is 2. The van der Waals surface area contributed by atoms with Crippen LogP contribution < -0.4 is 11.4 Å². The van der Waals surface area contributed by atoms with Crippen molar-refractivity contribution in [2.45, 2.75) is 32.7 Å². The molecule has 5 N–H and O–H groups in total. The van der Waals surface area contributed by atoms with Crippen molar-refractivity contribution in [2.75, 3.05) is 0 Å². The van der Waals surface area contributed by atoms with Crippen molar-refractivity contribution in [1.29, 1.82) is 5.41 Å². The highest BCUT2D eigenvalue weighted by Crippen LogP contribution is 2.34. The summed E-state index contributed by atoms with van der Waals surface area (Å²) in [5.41, 5.74) is 8.23. The van der Waals surface area contributed by atoms with Crippen LogP contribution in [0.15, 0.2) is 47.4 Å². The zero-order valence-corrected chi connectivity index (χ0v) is 18.5. The second kappa shape index (κ2) is 8.29. The van der Waals surface area contributed by atoms with Gasteiger partial charge in [-0.05, 0) is 56.2 Å². The lowest BCUT2D eigenvalue weighted by Gasteiger charge is -2.05. The van der Waals surface area contributed by atoms with Gasteiger partial charge in [0.25, 0.3) is 0 Å². The molecule has 0 bridgehead atoms. The Labute approximate surface area is 192 Å². The van der Waals surface area contributed by atoms with E-state index in [1.807, 2.05) is 11.5 Å². The van der Waals surface area contributed by atoms with E-state index < -0.39 is 17.3 Å². The van der Waals surface area contributed by atoms with E-state index in [0.29, 0.717) is 40.8 Å². The molecule has 2 aromatic carbocycles. The maximum atomic E-state index is 14.3. The Bertz CT molecular complexity index is 1610. The highest BCUT2D eigenvalue weighted by Gasteiger charge is 2.22. The first-order valence-corrected chi connectivity index (χ1v) is 10.9. The SMILES string of the molecule is Cc1[nH]c2ccc(F)cc2c1-c1n[nH]c(=O)n1-c1cn(CCCCC(=N)N)c2ccc(F)cc12. The number of benzene rings is 2. The summed E-state index contributed by atoms with van der Waals surface area (Å²) in [7, 11) is 0. The van der Waals surface area contributed by atoms with Gasteiger partial charge in [-0.15, -0.1) is 0 Å². The van der Waals surface area contributed by atoms with E-state index >= 15 is 0 Å². The van der Waals surface area contributed by atoms with Crippen molar-refractivity contribution in [3.63, 3.8) is 0 Å². The number of hydrogen-bond donors (Lipinski definition) is 4. The molecule has 5 rings (SSSR count). The van der Waals surface area contributed by atoms with E-state index in [1.54, 1.807) is 18.3 Å². The fourth-order valence-corrected chi connectivity index (χ4v) is 4.49. The molecule has 0 saturated heterocycles. The van der Waals surface area contributed by atoms with Crippen molar-refractivity contribution in [3.8, 4) is 17.1 Å². The molecule has 8 nitrogen and oxygen atoms in total. The van der Waals surface area contributed by atoms with Gasteiger partial charge >= 0.3 is 5.69 Å². The van der Waals surface area contributed by atoms with Crippen molar-refractivity contribution in [3.05, 3.63) is 70.4 Å². The van der Waals surface area contributed by atoms with Crippen molar-refractivity contribution >= 4 is 27.6 Å². The molecule has 3 heterocycles. The van der Waals surface area contributed by atoms with Gasteiger partial charge in [0.2, 0.25) is 0 Å². The number of aromatic nitrogens is 5. The second-order valence-corrected chi connectivity index (χ2v) is 8.35. The topological polar surface area (TPSA) is 121 Å². The van der Waals surface area contributed by atoms with Crippen LogP contribution in [0, 0.1) is 24.0 Å². The number of halogens is 2. The summed E-state index contributed by atoms with van der Waals surface area (Å²) < 4.78 is 31.6. The Morgan fingerprint density at radius 3 is 2.62 bits per heavy atom. The Morgan fingerprint density at radius 2 is 1.85 bits per heavy atom. The van der Waals surface area contributed by atoms with Gasteiger partial charge in [0, 0.05) is 46.7 Å². The highest BCUT2D eigenvalue weighted by molar-refractivity contribution is 5.97. The molecule has 0 atom stereocenters. The molecule has 0 unspecified atom stereocenters. The quantitative estimate of drug-likeness (QED) is 0.163. The number of rotatable bonds is 7. The second-order valence-electron chi connectivity index (χ2n) is 8.35. The number of nitrogens with zero attached hydrogens (tertiary/aromatic N) is 3. The van der Waals surface area contributed by atoms with Crippen LogP contribution in [0.5, 0.6) is 0 Å². The summed E-state index contributed by atoms with van der Waals surface area (Å²) in [6.45, 7) is 2.43. The first-order valence-electron chi connectivity index (χ1n) is 10.9. The van der Waals surface area contributed by atoms with Gasteiger partial charge in [-0.3, -0.25) is 5.41 Å². The summed E-state index contributed by atoms with van der Waals surface area (Å²) in [6, 6.07) is 8.85. The fourth-order valence-electron chi connectivity index (χ4n) is 4.49. The lowest BCUT2D eigenvalue weighted by Crippen LogP contribution is -2.15. The zero-order valence-electron chi connectivity index (χ0n) is 18.5. The number of nitrogens with two attached hydrogens (primary N) is 1. The molecule has 34 heavy (non-hydrogen) atoms. The van der Waals surface area contributed by atoms with Crippen LogP contribution in [0.25, 0.3) is 38.9 Å². The first-order chi connectivity index (χ1) is 16.3. The first kappa shape index (κ1) is 21.6. The van der Waals surface area contributed by atoms with E-state index in [9.17, 15) is 13.6 Å². The van der Waals surface area contributed by atoms with Crippen molar-refractivity contribution < 1.29 is 8.78 Å². The summed E-state index contributed by atoms with van der Waals surface area (Å²) in [6.07, 6.45) is 3.79. The predicted molar refractivity (Wildman–Crippen MR) is 127 cm³/mol. The molecule has 0 saturated carbocycles. The van der Waals surface area contributed by atoms with Gasteiger partial charge in [-0.1, -0.05) is 0 Å². The third-order valence-electron chi connectivity index (χ3n) is 6.00. The van der Waals surface area contributed by atoms with Gasteiger partial charge in [-0.25, -0.2) is 23.2 Å². The Hall–Kier alpha value is -4.21. The third-order valence-corrected chi connectivity index (χ3v) is 6.00. The van der Waals surface area contributed by atoms with Crippen LogP contribution in [-0.4, -0.2) is 30.2 Å². The summed E-state index contributed by atoms with van der Waals surface area (Å²) >= 11 is 0. The summed E-state index contributed by atoms with van der Waals surface area (Å²) in [5, 5.41) is 15.3. The monoisotopic (exact) mass is 463 g/mol. The number of unbranched alkanes of at least 4 members (excludes halogenated alkanes) is 1. The van der Waals surface area contributed by atoms with Crippen LogP contribution in [-0.2, 0) is 6.54 Å². The Morgan fingerprint density at radius 1 is 1.12 bits per heavy atom.